The average Bonchev–Trinajstić information content (AvgIpc) is 2.95. The van der Waals surface area contributed by atoms with Crippen molar-refractivity contribution in [2.75, 3.05) is 6.61 Å². The number of ether oxygens (including phenoxy) is 1. The Labute approximate surface area is 116 Å². The van der Waals surface area contributed by atoms with Crippen LogP contribution >= 0.6 is 0 Å². The molecule has 1 saturated carbocycles. The van der Waals surface area contributed by atoms with Crippen LogP contribution < -0.4 is 10.1 Å². The number of benzene rings is 1. The van der Waals surface area contributed by atoms with Gasteiger partial charge in [-0.2, -0.15) is 0 Å². The van der Waals surface area contributed by atoms with Gasteiger partial charge in [-0.1, -0.05) is 19.1 Å². The second-order valence-electron chi connectivity index (χ2n) is 5.34. The molecule has 1 aromatic rings. The molecule has 0 heterocycles. The summed E-state index contributed by atoms with van der Waals surface area (Å²) in [6.45, 7) is 3.06. The van der Waals surface area contributed by atoms with Gasteiger partial charge in [0.05, 0.1) is 12.7 Å². The first-order valence-corrected chi connectivity index (χ1v) is 7.41. The highest BCUT2D eigenvalue weighted by atomic mass is 16.5. The number of aliphatic hydroxyl groups excluding tert-OH is 1. The minimum Gasteiger partial charge on any atom is -0.490 e. The quantitative estimate of drug-likeness (QED) is 0.795. The predicted molar refractivity (Wildman–Crippen MR) is 77.3 cm³/mol. The van der Waals surface area contributed by atoms with Gasteiger partial charge < -0.3 is 15.2 Å². The molecule has 19 heavy (non-hydrogen) atoms. The van der Waals surface area contributed by atoms with Crippen LogP contribution in [-0.4, -0.2) is 23.9 Å². The Morgan fingerprint density at radius 2 is 1.95 bits per heavy atom. The predicted octanol–water partition coefficient (Wildman–Crippen LogP) is 2.87. The monoisotopic (exact) mass is 263 g/mol. The maximum absolute atomic E-state index is 9.12. The maximum atomic E-state index is 9.12. The number of aliphatic hydroxyl groups is 1. The van der Waals surface area contributed by atoms with E-state index in [1.807, 2.05) is 0 Å². The van der Waals surface area contributed by atoms with E-state index in [0.29, 0.717) is 6.10 Å². The molecule has 3 heteroatoms. The van der Waals surface area contributed by atoms with Crippen LogP contribution in [0.15, 0.2) is 24.3 Å². The molecule has 0 unspecified atom stereocenters. The lowest BCUT2D eigenvalue weighted by Gasteiger charge is -2.15. The smallest absolute Gasteiger partial charge is 0.119 e. The number of nitrogens with one attached hydrogen (secondary N) is 1. The molecule has 0 aliphatic heterocycles. The summed E-state index contributed by atoms with van der Waals surface area (Å²) in [5.41, 5.74) is 1.23. The molecule has 1 aliphatic rings. The van der Waals surface area contributed by atoms with Crippen molar-refractivity contribution in [2.45, 2.75) is 57.7 Å². The fourth-order valence-electron chi connectivity index (χ4n) is 2.48. The topological polar surface area (TPSA) is 41.5 Å². The summed E-state index contributed by atoms with van der Waals surface area (Å²) in [4.78, 5) is 0. The van der Waals surface area contributed by atoms with Crippen molar-refractivity contribution in [3.05, 3.63) is 29.8 Å². The third-order valence-electron chi connectivity index (χ3n) is 3.84. The SMILES string of the molecule is CC[C@@H](CO)NCc1ccc(OC2CCCC2)cc1. The molecule has 0 spiro atoms. The van der Waals surface area contributed by atoms with E-state index in [4.69, 9.17) is 9.84 Å². The first kappa shape index (κ1) is 14.4. The summed E-state index contributed by atoms with van der Waals surface area (Å²) >= 11 is 0. The van der Waals surface area contributed by atoms with Gasteiger partial charge in [-0.05, 0) is 49.8 Å². The zero-order chi connectivity index (χ0) is 13.5. The van der Waals surface area contributed by atoms with Gasteiger partial charge in [0.1, 0.15) is 5.75 Å². The summed E-state index contributed by atoms with van der Waals surface area (Å²) in [5, 5.41) is 12.5. The van der Waals surface area contributed by atoms with Gasteiger partial charge in [0, 0.05) is 12.6 Å². The molecule has 2 N–H and O–H groups in total. The van der Waals surface area contributed by atoms with E-state index in [1.54, 1.807) is 0 Å². The van der Waals surface area contributed by atoms with Crippen LogP contribution in [0.1, 0.15) is 44.6 Å². The van der Waals surface area contributed by atoms with Gasteiger partial charge in [0.2, 0.25) is 0 Å². The Kier molecular flexibility index (Phi) is 5.67. The van der Waals surface area contributed by atoms with Gasteiger partial charge in [-0.15, -0.1) is 0 Å². The molecule has 0 bridgehead atoms. The van der Waals surface area contributed by atoms with Crippen LogP contribution in [0.2, 0.25) is 0 Å². The van der Waals surface area contributed by atoms with Crippen molar-refractivity contribution in [2.24, 2.45) is 0 Å². The van der Waals surface area contributed by atoms with Gasteiger partial charge in [-0.3, -0.25) is 0 Å². The Morgan fingerprint density at radius 3 is 2.53 bits per heavy atom. The van der Waals surface area contributed by atoms with Crippen LogP contribution in [0.25, 0.3) is 0 Å². The molecule has 3 nitrogen and oxygen atoms in total. The highest BCUT2D eigenvalue weighted by molar-refractivity contribution is 5.27. The molecule has 0 aromatic heterocycles. The molecule has 0 saturated heterocycles. The third kappa shape index (κ3) is 4.51. The van der Waals surface area contributed by atoms with Crippen LogP contribution in [-0.2, 0) is 6.54 Å². The van der Waals surface area contributed by atoms with E-state index in [2.05, 4.69) is 36.5 Å². The molecule has 1 aliphatic carbocycles. The second-order valence-corrected chi connectivity index (χ2v) is 5.34. The minimum atomic E-state index is 0.189. The molecular formula is C16H25NO2. The van der Waals surface area contributed by atoms with E-state index in [-0.39, 0.29) is 12.6 Å². The van der Waals surface area contributed by atoms with Crippen molar-refractivity contribution in [3.63, 3.8) is 0 Å². The lowest BCUT2D eigenvalue weighted by molar-refractivity contribution is 0.210. The highest BCUT2D eigenvalue weighted by Crippen LogP contribution is 2.24. The van der Waals surface area contributed by atoms with Gasteiger partial charge in [0.15, 0.2) is 0 Å². The second kappa shape index (κ2) is 7.51. The van der Waals surface area contributed by atoms with E-state index >= 15 is 0 Å². The van der Waals surface area contributed by atoms with Crippen molar-refractivity contribution in [1.82, 2.24) is 5.32 Å². The molecule has 0 amide bonds. The van der Waals surface area contributed by atoms with Crippen LogP contribution in [0.3, 0.4) is 0 Å². The average molecular weight is 263 g/mol. The van der Waals surface area contributed by atoms with Gasteiger partial charge >= 0.3 is 0 Å². The summed E-state index contributed by atoms with van der Waals surface area (Å²) in [6, 6.07) is 8.49. The fourth-order valence-corrected chi connectivity index (χ4v) is 2.48. The Bertz CT molecular complexity index is 354. The maximum Gasteiger partial charge on any atom is 0.119 e. The normalized spacial score (nSPS) is 17.6. The van der Waals surface area contributed by atoms with E-state index in [9.17, 15) is 0 Å². The number of hydrogen-bond acceptors (Lipinski definition) is 3. The summed E-state index contributed by atoms with van der Waals surface area (Å²) in [6.07, 6.45) is 6.34. The van der Waals surface area contributed by atoms with E-state index in [0.717, 1.165) is 18.7 Å². The van der Waals surface area contributed by atoms with E-state index in [1.165, 1.54) is 31.2 Å². The molecule has 2 rings (SSSR count). The zero-order valence-electron chi connectivity index (χ0n) is 11.8. The van der Waals surface area contributed by atoms with Crippen LogP contribution in [0.4, 0.5) is 0 Å². The Balaban J connectivity index is 1.80. The Morgan fingerprint density at radius 1 is 1.26 bits per heavy atom. The van der Waals surface area contributed by atoms with Crippen molar-refractivity contribution >= 4 is 0 Å². The lowest BCUT2D eigenvalue weighted by atomic mass is 10.2. The summed E-state index contributed by atoms with van der Waals surface area (Å²) < 4.78 is 5.94. The molecule has 1 fully saturated rings. The standard InChI is InChI=1S/C16H25NO2/c1-2-14(12-18)17-11-13-7-9-16(10-8-13)19-15-5-3-4-6-15/h7-10,14-15,17-18H,2-6,11-12H2,1H3/t14-/m0/s1. The van der Waals surface area contributed by atoms with Gasteiger partial charge in [-0.25, -0.2) is 0 Å². The molecular weight excluding hydrogens is 238 g/mol. The molecule has 106 valence electrons. The first-order chi connectivity index (χ1) is 9.31. The third-order valence-corrected chi connectivity index (χ3v) is 3.84. The van der Waals surface area contributed by atoms with E-state index < -0.39 is 0 Å². The number of rotatable bonds is 7. The molecule has 1 atom stereocenters. The largest absolute Gasteiger partial charge is 0.490 e. The Hall–Kier alpha value is -1.06. The van der Waals surface area contributed by atoms with Crippen LogP contribution in [0, 0.1) is 0 Å². The first-order valence-electron chi connectivity index (χ1n) is 7.41. The molecule has 1 aromatic carbocycles. The van der Waals surface area contributed by atoms with Crippen molar-refractivity contribution in [1.29, 1.82) is 0 Å². The highest BCUT2D eigenvalue weighted by Gasteiger charge is 2.16. The summed E-state index contributed by atoms with van der Waals surface area (Å²) in [7, 11) is 0. The minimum absolute atomic E-state index is 0.189. The fraction of sp³-hybridized carbons (Fsp3) is 0.625. The number of hydrogen-bond donors (Lipinski definition) is 2. The van der Waals surface area contributed by atoms with Crippen LogP contribution in [0.5, 0.6) is 5.75 Å². The molecule has 0 radical (unpaired) electrons. The van der Waals surface area contributed by atoms with Crippen molar-refractivity contribution in [3.8, 4) is 5.75 Å². The van der Waals surface area contributed by atoms with Gasteiger partial charge in [0.25, 0.3) is 0 Å². The van der Waals surface area contributed by atoms with Crippen molar-refractivity contribution < 1.29 is 9.84 Å². The summed E-state index contributed by atoms with van der Waals surface area (Å²) in [5.74, 6) is 0.977. The lowest BCUT2D eigenvalue weighted by Crippen LogP contribution is -2.31. The zero-order valence-corrected chi connectivity index (χ0v) is 11.8.